The maximum Gasteiger partial charge on any atom is 0.0406 e. The van der Waals surface area contributed by atoms with E-state index in [0.29, 0.717) is 6.04 Å². The van der Waals surface area contributed by atoms with Gasteiger partial charge in [-0.1, -0.05) is 44.0 Å². The smallest absolute Gasteiger partial charge is 0.0406 e. The van der Waals surface area contributed by atoms with Gasteiger partial charge >= 0.3 is 0 Å². The molecule has 1 aromatic carbocycles. The molecule has 19 heavy (non-hydrogen) atoms. The highest BCUT2D eigenvalue weighted by atomic mass is 35.5. The van der Waals surface area contributed by atoms with Gasteiger partial charge in [-0.2, -0.15) is 0 Å². The van der Waals surface area contributed by atoms with Crippen molar-refractivity contribution in [2.45, 2.75) is 39.7 Å². The number of hydrogen-bond donors (Lipinski definition) is 1. The van der Waals surface area contributed by atoms with E-state index in [4.69, 9.17) is 17.3 Å². The third-order valence-corrected chi connectivity index (χ3v) is 4.24. The van der Waals surface area contributed by atoms with Crippen LogP contribution in [0.4, 0.5) is 0 Å². The second-order valence-electron chi connectivity index (χ2n) is 5.91. The van der Waals surface area contributed by atoms with Crippen LogP contribution < -0.4 is 5.73 Å². The number of hydrogen-bond acceptors (Lipinski definition) is 2. The minimum Gasteiger partial charge on any atom is -0.330 e. The average Bonchev–Trinajstić information content (AvgIpc) is 2.39. The average molecular weight is 283 g/mol. The maximum absolute atomic E-state index is 5.96. The van der Waals surface area contributed by atoms with Crippen molar-refractivity contribution in [3.8, 4) is 0 Å². The van der Waals surface area contributed by atoms with Crippen molar-refractivity contribution < 1.29 is 0 Å². The van der Waals surface area contributed by atoms with E-state index in [-0.39, 0.29) is 5.41 Å². The van der Waals surface area contributed by atoms with Crippen molar-refractivity contribution in [1.82, 2.24) is 4.90 Å². The first-order chi connectivity index (χ1) is 8.91. The SMILES string of the molecule is CCCC(C)(CN)CN(C)C(C)c1ccc(Cl)cc1. The Balaban J connectivity index is 2.71. The summed E-state index contributed by atoms with van der Waals surface area (Å²) in [5.41, 5.74) is 7.45. The van der Waals surface area contributed by atoms with E-state index in [1.54, 1.807) is 0 Å². The Hall–Kier alpha value is -0.570. The molecule has 0 aliphatic heterocycles. The van der Waals surface area contributed by atoms with Crippen molar-refractivity contribution in [3.63, 3.8) is 0 Å². The largest absolute Gasteiger partial charge is 0.330 e. The van der Waals surface area contributed by atoms with Crippen molar-refractivity contribution in [1.29, 1.82) is 0 Å². The van der Waals surface area contributed by atoms with E-state index in [1.165, 1.54) is 18.4 Å². The molecule has 0 aromatic heterocycles. The molecule has 0 saturated heterocycles. The van der Waals surface area contributed by atoms with Crippen LogP contribution in [0.2, 0.25) is 5.02 Å². The first-order valence-electron chi connectivity index (χ1n) is 7.07. The zero-order valence-electron chi connectivity index (χ0n) is 12.6. The van der Waals surface area contributed by atoms with Gasteiger partial charge in [0, 0.05) is 17.6 Å². The standard InChI is InChI=1S/C16H27ClN2/c1-5-10-16(3,11-18)12-19(4)13(2)14-6-8-15(17)9-7-14/h6-9,13H,5,10-12,18H2,1-4H3. The predicted molar refractivity (Wildman–Crippen MR) is 84.6 cm³/mol. The van der Waals surface area contributed by atoms with E-state index in [1.807, 2.05) is 12.1 Å². The second-order valence-corrected chi connectivity index (χ2v) is 6.34. The first kappa shape index (κ1) is 16.5. The van der Waals surface area contributed by atoms with Crippen molar-refractivity contribution >= 4 is 11.6 Å². The quantitative estimate of drug-likeness (QED) is 0.816. The summed E-state index contributed by atoms with van der Waals surface area (Å²) in [6.45, 7) is 8.48. The summed E-state index contributed by atoms with van der Waals surface area (Å²) in [5, 5.41) is 0.788. The number of nitrogens with two attached hydrogens (primary N) is 1. The molecule has 1 aromatic rings. The normalized spacial score (nSPS) is 16.4. The molecule has 0 bridgehead atoms. The molecule has 0 heterocycles. The van der Waals surface area contributed by atoms with E-state index in [9.17, 15) is 0 Å². The number of nitrogens with zero attached hydrogens (tertiary/aromatic N) is 1. The lowest BCUT2D eigenvalue weighted by Gasteiger charge is -2.36. The molecule has 1 rings (SSSR count). The van der Waals surface area contributed by atoms with Crippen LogP contribution in [-0.2, 0) is 0 Å². The van der Waals surface area contributed by atoms with Crippen molar-refractivity contribution in [2.24, 2.45) is 11.1 Å². The molecule has 0 aliphatic carbocycles. The highest BCUT2D eigenvalue weighted by Crippen LogP contribution is 2.28. The van der Waals surface area contributed by atoms with Gasteiger partial charge in [0.15, 0.2) is 0 Å². The topological polar surface area (TPSA) is 29.3 Å². The summed E-state index contributed by atoms with van der Waals surface area (Å²) in [4.78, 5) is 2.38. The third-order valence-electron chi connectivity index (χ3n) is 3.99. The summed E-state index contributed by atoms with van der Waals surface area (Å²) in [6, 6.07) is 8.48. The predicted octanol–water partition coefficient (Wildman–Crippen LogP) is 4.10. The van der Waals surface area contributed by atoms with Crippen LogP contribution in [0.5, 0.6) is 0 Å². The summed E-state index contributed by atoms with van der Waals surface area (Å²) in [6.07, 6.45) is 2.35. The van der Waals surface area contributed by atoms with Crippen LogP contribution in [-0.4, -0.2) is 25.0 Å². The van der Waals surface area contributed by atoms with Crippen molar-refractivity contribution in [2.75, 3.05) is 20.1 Å². The Labute approximate surface area is 122 Å². The minimum absolute atomic E-state index is 0.199. The molecule has 2 N–H and O–H groups in total. The molecule has 2 nitrogen and oxygen atoms in total. The van der Waals surface area contributed by atoms with Gasteiger partial charge in [-0.25, -0.2) is 0 Å². The summed E-state index contributed by atoms with van der Waals surface area (Å²) < 4.78 is 0. The van der Waals surface area contributed by atoms with Gasteiger partial charge < -0.3 is 5.73 Å². The van der Waals surface area contributed by atoms with Crippen LogP contribution in [0.1, 0.15) is 45.2 Å². The maximum atomic E-state index is 5.96. The molecule has 3 heteroatoms. The van der Waals surface area contributed by atoms with Gasteiger partial charge in [-0.05, 0) is 50.0 Å². The molecule has 0 aliphatic rings. The van der Waals surface area contributed by atoms with Crippen LogP contribution in [0, 0.1) is 5.41 Å². The molecule has 0 amide bonds. The Kier molecular flexibility index (Phi) is 6.31. The molecule has 0 saturated carbocycles. The fraction of sp³-hybridized carbons (Fsp3) is 0.625. The summed E-state index contributed by atoms with van der Waals surface area (Å²) in [5.74, 6) is 0. The minimum atomic E-state index is 0.199. The molecular formula is C16H27ClN2. The van der Waals surface area contributed by atoms with Gasteiger partial charge in [0.05, 0.1) is 0 Å². The van der Waals surface area contributed by atoms with Gasteiger partial charge in [0.25, 0.3) is 0 Å². The number of halogens is 1. The van der Waals surface area contributed by atoms with Crippen LogP contribution >= 0.6 is 11.6 Å². The fourth-order valence-corrected chi connectivity index (χ4v) is 2.71. The monoisotopic (exact) mass is 282 g/mol. The zero-order chi connectivity index (χ0) is 14.5. The third kappa shape index (κ3) is 4.79. The lowest BCUT2D eigenvalue weighted by molar-refractivity contribution is 0.151. The molecule has 2 atom stereocenters. The Morgan fingerprint density at radius 1 is 1.32 bits per heavy atom. The Morgan fingerprint density at radius 2 is 1.89 bits per heavy atom. The molecule has 0 spiro atoms. The van der Waals surface area contributed by atoms with E-state index in [0.717, 1.165) is 18.1 Å². The highest BCUT2D eigenvalue weighted by Gasteiger charge is 2.25. The van der Waals surface area contributed by atoms with E-state index < -0.39 is 0 Å². The van der Waals surface area contributed by atoms with Gasteiger partial charge in [0.1, 0.15) is 0 Å². The van der Waals surface area contributed by atoms with Gasteiger partial charge in [-0.15, -0.1) is 0 Å². The van der Waals surface area contributed by atoms with Crippen LogP contribution in [0.3, 0.4) is 0 Å². The number of rotatable bonds is 7. The number of benzene rings is 1. The molecule has 0 radical (unpaired) electrons. The zero-order valence-corrected chi connectivity index (χ0v) is 13.4. The Morgan fingerprint density at radius 3 is 2.37 bits per heavy atom. The fourth-order valence-electron chi connectivity index (χ4n) is 2.58. The van der Waals surface area contributed by atoms with Gasteiger partial charge in [0.2, 0.25) is 0 Å². The second kappa shape index (κ2) is 7.28. The highest BCUT2D eigenvalue weighted by molar-refractivity contribution is 6.30. The summed E-state index contributed by atoms with van der Waals surface area (Å²) in [7, 11) is 2.17. The Bertz CT molecular complexity index is 377. The lowest BCUT2D eigenvalue weighted by Crippen LogP contribution is -2.40. The van der Waals surface area contributed by atoms with E-state index in [2.05, 4.69) is 44.9 Å². The van der Waals surface area contributed by atoms with Gasteiger partial charge in [-0.3, -0.25) is 4.90 Å². The van der Waals surface area contributed by atoms with E-state index >= 15 is 0 Å². The lowest BCUT2D eigenvalue weighted by atomic mass is 9.84. The summed E-state index contributed by atoms with van der Waals surface area (Å²) >= 11 is 5.94. The molecular weight excluding hydrogens is 256 g/mol. The molecule has 2 unspecified atom stereocenters. The molecule has 0 fully saturated rings. The molecule has 108 valence electrons. The van der Waals surface area contributed by atoms with Crippen LogP contribution in [0.15, 0.2) is 24.3 Å². The first-order valence-corrected chi connectivity index (χ1v) is 7.45. The van der Waals surface area contributed by atoms with Crippen molar-refractivity contribution in [3.05, 3.63) is 34.9 Å². The van der Waals surface area contributed by atoms with Crippen LogP contribution in [0.25, 0.3) is 0 Å².